The van der Waals surface area contributed by atoms with E-state index in [0.717, 1.165) is 10.6 Å². The van der Waals surface area contributed by atoms with Crippen LogP contribution in [0.1, 0.15) is 31.9 Å². The fourth-order valence-corrected chi connectivity index (χ4v) is 4.89. The van der Waals surface area contributed by atoms with Crippen LogP contribution in [0.4, 0.5) is 5.69 Å². The Labute approximate surface area is 216 Å². The molecule has 7 nitrogen and oxygen atoms in total. The van der Waals surface area contributed by atoms with Gasteiger partial charge in [0, 0.05) is 33.2 Å². The van der Waals surface area contributed by atoms with Crippen molar-refractivity contribution in [2.75, 3.05) is 17.1 Å². The Morgan fingerprint density at radius 1 is 0.971 bits per heavy atom. The summed E-state index contributed by atoms with van der Waals surface area (Å²) in [5.74, 6) is -0.997. The van der Waals surface area contributed by atoms with Crippen LogP contribution in [-0.2, 0) is 26.2 Å². The number of hydrogen-bond donors (Lipinski definition) is 1. The lowest BCUT2D eigenvalue weighted by molar-refractivity contribution is -0.139. The molecule has 0 saturated heterocycles. The molecular formula is C23H28Cl3N3O4S. The molecule has 2 rings (SSSR count). The van der Waals surface area contributed by atoms with Gasteiger partial charge in [-0.25, -0.2) is 8.42 Å². The first-order chi connectivity index (χ1) is 15.7. The number of amides is 2. The molecule has 0 aliphatic rings. The monoisotopic (exact) mass is 547 g/mol. The summed E-state index contributed by atoms with van der Waals surface area (Å²) in [5, 5.41) is 3.79. The average Bonchev–Trinajstić information content (AvgIpc) is 2.72. The predicted octanol–water partition coefficient (Wildman–Crippen LogP) is 4.66. The van der Waals surface area contributed by atoms with Crippen molar-refractivity contribution in [2.24, 2.45) is 0 Å². The molecule has 1 N–H and O–H groups in total. The number of anilines is 1. The fourth-order valence-electron chi connectivity index (χ4n) is 3.30. The number of rotatable bonds is 9. The summed E-state index contributed by atoms with van der Waals surface area (Å²) in [6, 6.07) is 8.65. The third kappa shape index (κ3) is 7.01. The summed E-state index contributed by atoms with van der Waals surface area (Å²) >= 11 is 18.8. The van der Waals surface area contributed by atoms with Crippen LogP contribution >= 0.6 is 34.8 Å². The Morgan fingerprint density at radius 3 is 2.03 bits per heavy atom. The van der Waals surface area contributed by atoms with Crippen LogP contribution in [0.2, 0.25) is 15.1 Å². The van der Waals surface area contributed by atoms with Gasteiger partial charge in [-0.2, -0.15) is 0 Å². The van der Waals surface area contributed by atoms with Crippen molar-refractivity contribution in [2.45, 2.75) is 46.3 Å². The van der Waals surface area contributed by atoms with Crippen LogP contribution < -0.4 is 9.62 Å². The molecule has 0 aliphatic heterocycles. The lowest BCUT2D eigenvalue weighted by Crippen LogP contribution is -2.52. The van der Waals surface area contributed by atoms with E-state index in [1.807, 2.05) is 0 Å². The number of carbonyl (C=O) groups is 2. The minimum Gasteiger partial charge on any atom is -0.352 e. The molecule has 0 bridgehead atoms. The highest BCUT2D eigenvalue weighted by molar-refractivity contribution is 7.92. The van der Waals surface area contributed by atoms with Gasteiger partial charge in [0.2, 0.25) is 21.8 Å². The van der Waals surface area contributed by atoms with Gasteiger partial charge < -0.3 is 10.2 Å². The fraction of sp³-hybridized carbons (Fsp3) is 0.391. The SMILES string of the molecule is Cc1c(Cl)cccc1N(CC(=O)N(Cc1c(Cl)cccc1Cl)[C@@H](C)C(=O)NC(C)C)S(C)(=O)=O. The second-order valence-electron chi connectivity index (χ2n) is 8.21. The molecule has 0 aromatic heterocycles. The zero-order valence-electron chi connectivity index (χ0n) is 19.6. The van der Waals surface area contributed by atoms with Crippen molar-refractivity contribution in [3.63, 3.8) is 0 Å². The molecule has 0 spiro atoms. The van der Waals surface area contributed by atoms with Crippen LogP contribution in [0.3, 0.4) is 0 Å². The molecule has 0 heterocycles. The minimum atomic E-state index is -3.87. The molecule has 0 saturated carbocycles. The zero-order chi connectivity index (χ0) is 25.8. The van der Waals surface area contributed by atoms with Gasteiger partial charge in [-0.05, 0) is 57.5 Å². The molecule has 11 heteroatoms. The smallest absolute Gasteiger partial charge is 0.244 e. The topological polar surface area (TPSA) is 86.8 Å². The van der Waals surface area contributed by atoms with E-state index < -0.39 is 34.4 Å². The number of nitrogens with zero attached hydrogens (tertiary/aromatic N) is 2. The van der Waals surface area contributed by atoms with Crippen molar-refractivity contribution >= 4 is 62.3 Å². The molecule has 2 aromatic rings. The molecular weight excluding hydrogens is 521 g/mol. The largest absolute Gasteiger partial charge is 0.352 e. The first kappa shape index (κ1) is 28.2. The van der Waals surface area contributed by atoms with E-state index in [1.54, 1.807) is 64.1 Å². The van der Waals surface area contributed by atoms with E-state index in [2.05, 4.69) is 5.32 Å². The first-order valence-electron chi connectivity index (χ1n) is 10.5. The number of benzene rings is 2. The van der Waals surface area contributed by atoms with Gasteiger partial charge in [0.1, 0.15) is 12.6 Å². The predicted molar refractivity (Wildman–Crippen MR) is 138 cm³/mol. The maximum absolute atomic E-state index is 13.5. The highest BCUT2D eigenvalue weighted by Gasteiger charge is 2.31. The second-order valence-corrected chi connectivity index (χ2v) is 11.3. The molecule has 186 valence electrons. The zero-order valence-corrected chi connectivity index (χ0v) is 22.7. The number of hydrogen-bond acceptors (Lipinski definition) is 4. The molecule has 2 amide bonds. The van der Waals surface area contributed by atoms with Gasteiger partial charge in [0.05, 0.1) is 11.9 Å². The van der Waals surface area contributed by atoms with Crippen LogP contribution in [-0.4, -0.2) is 50.0 Å². The van der Waals surface area contributed by atoms with Crippen LogP contribution in [0.5, 0.6) is 0 Å². The summed E-state index contributed by atoms with van der Waals surface area (Å²) in [6.07, 6.45) is 1.00. The highest BCUT2D eigenvalue weighted by Crippen LogP contribution is 2.30. The van der Waals surface area contributed by atoms with E-state index in [-0.39, 0.29) is 18.3 Å². The number of halogens is 3. The summed E-state index contributed by atoms with van der Waals surface area (Å²) in [6.45, 7) is 6.21. The third-order valence-corrected chi connectivity index (χ3v) is 7.42. The van der Waals surface area contributed by atoms with Crippen molar-refractivity contribution in [3.8, 4) is 0 Å². The Hall–Kier alpha value is -2.00. The van der Waals surface area contributed by atoms with Crippen LogP contribution in [0.25, 0.3) is 0 Å². The number of carbonyl (C=O) groups excluding carboxylic acids is 2. The Kier molecular flexibility index (Phi) is 9.65. The van der Waals surface area contributed by atoms with Crippen molar-refractivity contribution in [1.29, 1.82) is 0 Å². The Bertz CT molecular complexity index is 1150. The molecule has 0 radical (unpaired) electrons. The van der Waals surface area contributed by atoms with E-state index in [4.69, 9.17) is 34.8 Å². The first-order valence-corrected chi connectivity index (χ1v) is 13.5. The average molecular weight is 549 g/mol. The standard InChI is InChI=1S/C23H28Cl3N3O4S/c1-14(2)27-23(31)16(4)28(12-17-19(25)9-6-10-20(17)26)22(30)13-29(34(5,32)33)21-11-7-8-18(24)15(21)3/h6-11,14,16H,12-13H2,1-5H3,(H,27,31)/t16-/m0/s1. The number of nitrogens with one attached hydrogen (secondary N) is 1. The Morgan fingerprint density at radius 2 is 1.50 bits per heavy atom. The lowest BCUT2D eigenvalue weighted by atomic mass is 10.1. The quantitative estimate of drug-likeness (QED) is 0.494. The van der Waals surface area contributed by atoms with Gasteiger partial charge in [-0.3, -0.25) is 13.9 Å². The maximum atomic E-state index is 13.5. The van der Waals surface area contributed by atoms with Crippen molar-refractivity contribution < 1.29 is 18.0 Å². The van der Waals surface area contributed by atoms with Gasteiger partial charge in [0.25, 0.3) is 0 Å². The summed E-state index contributed by atoms with van der Waals surface area (Å²) in [5.41, 5.74) is 1.24. The van der Waals surface area contributed by atoms with E-state index >= 15 is 0 Å². The van der Waals surface area contributed by atoms with Gasteiger partial charge in [0.15, 0.2) is 0 Å². The van der Waals surface area contributed by atoms with E-state index in [1.165, 1.54) is 4.90 Å². The Balaban J connectivity index is 2.50. The van der Waals surface area contributed by atoms with Crippen molar-refractivity contribution in [3.05, 3.63) is 62.6 Å². The van der Waals surface area contributed by atoms with Crippen LogP contribution in [0.15, 0.2) is 36.4 Å². The number of sulfonamides is 1. The lowest BCUT2D eigenvalue weighted by Gasteiger charge is -2.32. The summed E-state index contributed by atoms with van der Waals surface area (Å²) in [7, 11) is -3.87. The molecule has 34 heavy (non-hydrogen) atoms. The maximum Gasteiger partial charge on any atom is 0.244 e. The van der Waals surface area contributed by atoms with Crippen molar-refractivity contribution in [1.82, 2.24) is 10.2 Å². The molecule has 0 unspecified atom stereocenters. The molecule has 0 aliphatic carbocycles. The van der Waals surface area contributed by atoms with E-state index in [0.29, 0.717) is 26.2 Å². The summed E-state index contributed by atoms with van der Waals surface area (Å²) in [4.78, 5) is 27.6. The highest BCUT2D eigenvalue weighted by atomic mass is 35.5. The van der Waals surface area contributed by atoms with E-state index in [9.17, 15) is 18.0 Å². The van der Waals surface area contributed by atoms with Gasteiger partial charge in [-0.1, -0.05) is 46.9 Å². The van der Waals surface area contributed by atoms with Gasteiger partial charge >= 0.3 is 0 Å². The second kappa shape index (κ2) is 11.6. The molecule has 0 fully saturated rings. The molecule has 2 aromatic carbocycles. The normalized spacial score (nSPS) is 12.4. The van der Waals surface area contributed by atoms with Crippen LogP contribution in [0, 0.1) is 6.92 Å². The minimum absolute atomic E-state index is 0.0872. The summed E-state index contributed by atoms with van der Waals surface area (Å²) < 4.78 is 26.3. The molecule has 1 atom stereocenters. The van der Waals surface area contributed by atoms with Gasteiger partial charge in [-0.15, -0.1) is 0 Å². The third-order valence-electron chi connectivity index (χ3n) is 5.18.